The van der Waals surface area contributed by atoms with E-state index in [0.717, 1.165) is 38.5 Å². The van der Waals surface area contributed by atoms with Gasteiger partial charge in [-0.15, -0.1) is 0 Å². The lowest BCUT2D eigenvalue weighted by Gasteiger charge is -2.13. The highest BCUT2D eigenvalue weighted by molar-refractivity contribution is 6.14. The molecule has 0 amide bonds. The maximum atomic E-state index is 13.8. The molecule has 0 unspecified atom stereocenters. The van der Waals surface area contributed by atoms with E-state index in [4.69, 9.17) is 4.98 Å². The zero-order valence-corrected chi connectivity index (χ0v) is 22.5. The van der Waals surface area contributed by atoms with Crippen molar-refractivity contribution in [2.75, 3.05) is 0 Å². The lowest BCUT2D eigenvalue weighted by molar-refractivity contribution is 1.14. The molecule has 0 saturated carbocycles. The second-order valence-electron chi connectivity index (χ2n) is 10.8. The molecule has 0 saturated heterocycles. The Morgan fingerprint density at radius 2 is 1.02 bits per heavy atom. The first-order chi connectivity index (χ1) is 20.8. The SMILES string of the molecule is O=c1c2ccccc2nc2c3ccccc3c3cc(-c4ccc5c(c4)c4ccccc4n5-c4ccccc4)ccc3n12. The summed E-state index contributed by atoms with van der Waals surface area (Å²) in [4.78, 5) is 18.8. The Bertz CT molecular complexity index is 2590. The second kappa shape index (κ2) is 8.63. The Labute approximate surface area is 240 Å². The van der Waals surface area contributed by atoms with Crippen LogP contribution < -0.4 is 5.56 Å². The zero-order valence-electron chi connectivity index (χ0n) is 22.5. The summed E-state index contributed by atoms with van der Waals surface area (Å²) in [7, 11) is 0. The molecule has 0 aliphatic carbocycles. The Morgan fingerprint density at radius 3 is 1.81 bits per heavy atom. The lowest BCUT2D eigenvalue weighted by Crippen LogP contribution is -2.16. The van der Waals surface area contributed by atoms with Crippen molar-refractivity contribution in [3.8, 4) is 16.8 Å². The molecule has 0 aliphatic rings. The standard InChI is InChI=1S/C38H23N3O/c42-38-30-15-6-8-16-33(30)39-37-29-14-5-4-12-27(29)31-22-24(19-21-36(31)41(37)38)25-18-20-35-32(23-25)28-13-7-9-17-34(28)40(35)26-10-2-1-3-11-26/h1-23H. The van der Waals surface area contributed by atoms with Crippen LogP contribution in [0.5, 0.6) is 0 Å². The summed E-state index contributed by atoms with van der Waals surface area (Å²) in [6, 6.07) is 48.0. The largest absolute Gasteiger partial charge is 0.309 e. The third-order valence-electron chi connectivity index (χ3n) is 8.49. The Balaban J connectivity index is 1.33. The predicted octanol–water partition coefficient (Wildman–Crippen LogP) is 8.92. The summed E-state index contributed by atoms with van der Waals surface area (Å²) in [6.07, 6.45) is 0. The molecular formula is C38H23N3O. The molecule has 0 bridgehead atoms. The van der Waals surface area contributed by atoms with Crippen molar-refractivity contribution < 1.29 is 0 Å². The van der Waals surface area contributed by atoms with E-state index in [2.05, 4.69) is 114 Å². The van der Waals surface area contributed by atoms with Crippen molar-refractivity contribution in [1.82, 2.24) is 14.0 Å². The van der Waals surface area contributed by atoms with Crippen LogP contribution in [0.3, 0.4) is 0 Å². The van der Waals surface area contributed by atoms with Crippen LogP contribution in [0.2, 0.25) is 0 Å². The van der Waals surface area contributed by atoms with Gasteiger partial charge in [0.15, 0.2) is 0 Å². The van der Waals surface area contributed by atoms with Crippen molar-refractivity contribution in [2.24, 2.45) is 0 Å². The van der Waals surface area contributed by atoms with E-state index in [1.807, 2.05) is 30.3 Å². The van der Waals surface area contributed by atoms with Gasteiger partial charge in [0.25, 0.3) is 5.56 Å². The number of hydrogen-bond donors (Lipinski definition) is 0. The quantitative estimate of drug-likeness (QED) is 0.163. The number of rotatable bonds is 2. The van der Waals surface area contributed by atoms with Gasteiger partial charge in [-0.2, -0.15) is 0 Å². The van der Waals surface area contributed by atoms with Crippen molar-refractivity contribution in [1.29, 1.82) is 0 Å². The van der Waals surface area contributed by atoms with Crippen molar-refractivity contribution >= 4 is 60.0 Å². The average molecular weight is 538 g/mol. The van der Waals surface area contributed by atoms with E-state index in [9.17, 15) is 4.79 Å². The molecule has 0 atom stereocenters. The van der Waals surface area contributed by atoms with Gasteiger partial charge in [-0.1, -0.05) is 84.9 Å². The molecular weight excluding hydrogens is 514 g/mol. The van der Waals surface area contributed by atoms with E-state index >= 15 is 0 Å². The first kappa shape index (κ1) is 23.0. The van der Waals surface area contributed by atoms with Crippen LogP contribution in [0.1, 0.15) is 0 Å². The van der Waals surface area contributed by atoms with E-state index < -0.39 is 0 Å². The summed E-state index contributed by atoms with van der Waals surface area (Å²) in [6.45, 7) is 0. The highest BCUT2D eigenvalue weighted by atomic mass is 16.1. The molecule has 0 aliphatic heterocycles. The molecule has 9 rings (SSSR count). The third kappa shape index (κ3) is 3.17. The Hall–Kier alpha value is -5.74. The number of aromatic nitrogens is 3. The summed E-state index contributed by atoms with van der Waals surface area (Å²) in [5.74, 6) is 0. The van der Waals surface area contributed by atoms with Gasteiger partial charge in [-0.3, -0.25) is 9.20 Å². The molecule has 4 heteroatoms. The summed E-state index contributed by atoms with van der Waals surface area (Å²) in [5, 5.41) is 6.13. The molecule has 3 aromatic heterocycles. The molecule has 0 spiro atoms. The molecule has 6 aromatic carbocycles. The zero-order chi connectivity index (χ0) is 27.8. The van der Waals surface area contributed by atoms with Gasteiger partial charge in [-0.25, -0.2) is 4.98 Å². The molecule has 3 heterocycles. The van der Waals surface area contributed by atoms with Crippen molar-refractivity contribution in [2.45, 2.75) is 0 Å². The smallest absolute Gasteiger partial charge is 0.266 e. The van der Waals surface area contributed by atoms with Crippen LogP contribution in [-0.2, 0) is 0 Å². The van der Waals surface area contributed by atoms with Gasteiger partial charge in [0.05, 0.1) is 27.5 Å². The van der Waals surface area contributed by atoms with E-state index in [1.165, 1.54) is 21.8 Å². The monoisotopic (exact) mass is 537 g/mol. The van der Waals surface area contributed by atoms with Crippen LogP contribution >= 0.6 is 0 Å². The number of hydrogen-bond acceptors (Lipinski definition) is 2. The predicted molar refractivity (Wildman–Crippen MR) is 174 cm³/mol. The highest BCUT2D eigenvalue weighted by Gasteiger charge is 2.16. The summed E-state index contributed by atoms with van der Waals surface area (Å²) < 4.78 is 4.11. The van der Waals surface area contributed by atoms with Gasteiger partial charge in [0.2, 0.25) is 0 Å². The Morgan fingerprint density at radius 1 is 0.452 bits per heavy atom. The number of benzene rings is 6. The molecule has 4 nitrogen and oxygen atoms in total. The minimum Gasteiger partial charge on any atom is -0.309 e. The van der Waals surface area contributed by atoms with Crippen molar-refractivity contribution in [3.63, 3.8) is 0 Å². The van der Waals surface area contributed by atoms with Gasteiger partial charge in [0.1, 0.15) is 5.65 Å². The van der Waals surface area contributed by atoms with Gasteiger partial charge < -0.3 is 4.57 Å². The maximum absolute atomic E-state index is 13.8. The highest BCUT2D eigenvalue weighted by Crippen LogP contribution is 2.37. The number of nitrogens with zero attached hydrogens (tertiary/aromatic N) is 3. The fourth-order valence-electron chi connectivity index (χ4n) is 6.58. The lowest BCUT2D eigenvalue weighted by atomic mass is 9.98. The molecule has 0 fully saturated rings. The summed E-state index contributed by atoms with van der Waals surface area (Å²) >= 11 is 0. The number of para-hydroxylation sites is 3. The van der Waals surface area contributed by atoms with E-state index in [1.54, 1.807) is 4.40 Å². The van der Waals surface area contributed by atoms with Crippen LogP contribution in [0.15, 0.2) is 144 Å². The van der Waals surface area contributed by atoms with Crippen molar-refractivity contribution in [3.05, 3.63) is 150 Å². The fraction of sp³-hybridized carbons (Fsp3) is 0. The topological polar surface area (TPSA) is 39.3 Å². The minimum absolute atomic E-state index is 0.0470. The molecule has 196 valence electrons. The van der Waals surface area contributed by atoms with Gasteiger partial charge >= 0.3 is 0 Å². The second-order valence-corrected chi connectivity index (χ2v) is 10.8. The average Bonchev–Trinajstić information content (AvgIpc) is 3.39. The molecule has 42 heavy (non-hydrogen) atoms. The third-order valence-corrected chi connectivity index (χ3v) is 8.49. The minimum atomic E-state index is -0.0470. The van der Waals surface area contributed by atoms with Gasteiger partial charge in [0, 0.05) is 27.2 Å². The number of pyridine rings is 1. The first-order valence-electron chi connectivity index (χ1n) is 14.1. The Kier molecular flexibility index (Phi) is 4.73. The number of fused-ring (bicyclic) bond motifs is 10. The van der Waals surface area contributed by atoms with Crippen LogP contribution in [0.25, 0.3) is 76.8 Å². The van der Waals surface area contributed by atoms with E-state index in [-0.39, 0.29) is 5.56 Å². The molecule has 0 N–H and O–H groups in total. The first-order valence-corrected chi connectivity index (χ1v) is 14.1. The summed E-state index contributed by atoms with van der Waals surface area (Å²) in [5.41, 5.74) is 7.95. The fourth-order valence-corrected chi connectivity index (χ4v) is 6.58. The molecule has 9 aromatic rings. The van der Waals surface area contributed by atoms with Crippen LogP contribution in [0, 0.1) is 0 Å². The molecule has 0 radical (unpaired) electrons. The van der Waals surface area contributed by atoms with Crippen LogP contribution in [0.4, 0.5) is 0 Å². The normalized spacial score (nSPS) is 11.9. The van der Waals surface area contributed by atoms with Gasteiger partial charge in [-0.05, 0) is 71.1 Å². The van der Waals surface area contributed by atoms with Crippen LogP contribution in [-0.4, -0.2) is 14.0 Å². The maximum Gasteiger partial charge on any atom is 0.266 e. The van der Waals surface area contributed by atoms with E-state index in [0.29, 0.717) is 16.6 Å².